The quantitative estimate of drug-likeness (QED) is 0.761. The molecule has 22 heavy (non-hydrogen) atoms. The average Bonchev–Trinajstić information content (AvgIpc) is 2.41. The molecule has 1 saturated heterocycles. The second-order valence-corrected chi connectivity index (χ2v) is 7.50. The van der Waals surface area contributed by atoms with E-state index >= 15 is 0 Å². The van der Waals surface area contributed by atoms with E-state index in [1.165, 1.54) is 6.42 Å². The van der Waals surface area contributed by atoms with Gasteiger partial charge in [0.15, 0.2) is 0 Å². The molecule has 0 aromatic rings. The molecule has 1 heterocycles. The first-order valence-corrected chi connectivity index (χ1v) is 8.26. The Balaban J connectivity index is 0.00000176. The molecule has 126 valence electrons. The number of hydrogen-bond acceptors (Lipinski definition) is 3. The average molecular weight is 330 g/mol. The number of nitrogens with zero attached hydrogens (tertiary/aromatic N) is 1. The third-order valence-electron chi connectivity index (χ3n) is 5.88. The van der Waals surface area contributed by atoms with Crippen molar-refractivity contribution >= 4 is 24.2 Å². The molecule has 3 rings (SSSR count). The third-order valence-corrected chi connectivity index (χ3v) is 5.88. The van der Waals surface area contributed by atoms with E-state index < -0.39 is 5.54 Å². The highest BCUT2D eigenvalue weighted by Gasteiger charge is 2.46. The fourth-order valence-electron chi connectivity index (χ4n) is 4.50. The predicted octanol–water partition coefficient (Wildman–Crippen LogP) is 1.30. The monoisotopic (exact) mass is 329 g/mol. The Morgan fingerprint density at radius 2 is 1.86 bits per heavy atom. The number of halogens is 1. The zero-order valence-electron chi connectivity index (χ0n) is 13.5. The van der Waals surface area contributed by atoms with Gasteiger partial charge >= 0.3 is 0 Å². The van der Waals surface area contributed by atoms with Crippen molar-refractivity contribution < 1.29 is 9.59 Å². The molecule has 2 saturated carbocycles. The Bertz CT molecular complexity index is 441. The third kappa shape index (κ3) is 2.85. The van der Waals surface area contributed by atoms with Crippen LogP contribution in [0.1, 0.15) is 46.0 Å². The minimum absolute atomic E-state index is 0. The lowest BCUT2D eigenvalue weighted by atomic mass is 9.64. The van der Waals surface area contributed by atoms with Crippen LogP contribution in [0.4, 0.5) is 0 Å². The standard InChI is InChI=1S/C16H27N3O2.ClH/c1-16(2)15(21)18-6-7-19(16)14(20)12-8-10-4-3-5-11(9-12)13(10)17;/h10-13H,3-9,17H2,1-2H3,(H,18,21);1H. The number of carbonyl (C=O) groups is 2. The normalized spacial score (nSPS) is 37.0. The number of rotatable bonds is 1. The SMILES string of the molecule is CC1(C)C(=O)NCCN1C(=O)C1CC2CCCC(C1)C2N.Cl. The van der Waals surface area contributed by atoms with Crippen LogP contribution >= 0.6 is 12.4 Å². The molecule has 0 aromatic heterocycles. The van der Waals surface area contributed by atoms with Crippen molar-refractivity contribution in [1.29, 1.82) is 0 Å². The first-order valence-electron chi connectivity index (χ1n) is 8.26. The second kappa shape index (κ2) is 6.36. The van der Waals surface area contributed by atoms with Crippen LogP contribution in [-0.2, 0) is 9.59 Å². The van der Waals surface area contributed by atoms with Crippen molar-refractivity contribution in [3.05, 3.63) is 0 Å². The molecule has 0 radical (unpaired) electrons. The van der Waals surface area contributed by atoms with Crippen LogP contribution in [0, 0.1) is 17.8 Å². The van der Waals surface area contributed by atoms with Crippen LogP contribution in [0.2, 0.25) is 0 Å². The van der Waals surface area contributed by atoms with Crippen LogP contribution in [0.5, 0.6) is 0 Å². The summed E-state index contributed by atoms with van der Waals surface area (Å²) in [5.74, 6) is 1.17. The van der Waals surface area contributed by atoms with Crippen LogP contribution in [-0.4, -0.2) is 41.4 Å². The van der Waals surface area contributed by atoms with Gasteiger partial charge in [-0.2, -0.15) is 0 Å². The topological polar surface area (TPSA) is 75.4 Å². The first kappa shape index (κ1) is 17.5. The number of hydrogen-bond donors (Lipinski definition) is 2. The lowest BCUT2D eigenvalue weighted by molar-refractivity contribution is -0.154. The zero-order chi connectivity index (χ0) is 15.2. The van der Waals surface area contributed by atoms with Crippen molar-refractivity contribution in [1.82, 2.24) is 10.2 Å². The van der Waals surface area contributed by atoms with Gasteiger partial charge in [0.1, 0.15) is 5.54 Å². The van der Waals surface area contributed by atoms with Gasteiger partial charge in [-0.1, -0.05) is 6.42 Å². The van der Waals surface area contributed by atoms with E-state index in [0.717, 1.165) is 25.7 Å². The van der Waals surface area contributed by atoms with Crippen LogP contribution in [0.15, 0.2) is 0 Å². The molecule has 3 N–H and O–H groups in total. The predicted molar refractivity (Wildman–Crippen MR) is 87.6 cm³/mol. The molecule has 2 amide bonds. The first-order chi connectivity index (χ1) is 9.91. The molecule has 5 nitrogen and oxygen atoms in total. The van der Waals surface area contributed by atoms with Gasteiger partial charge in [0, 0.05) is 25.0 Å². The number of nitrogens with one attached hydrogen (secondary N) is 1. The summed E-state index contributed by atoms with van der Waals surface area (Å²) in [6.07, 6.45) is 5.38. The Morgan fingerprint density at radius 1 is 1.27 bits per heavy atom. The summed E-state index contributed by atoms with van der Waals surface area (Å²) >= 11 is 0. The summed E-state index contributed by atoms with van der Waals surface area (Å²) in [7, 11) is 0. The largest absolute Gasteiger partial charge is 0.352 e. The molecule has 2 bridgehead atoms. The van der Waals surface area contributed by atoms with Gasteiger partial charge in [0.05, 0.1) is 0 Å². The van der Waals surface area contributed by atoms with E-state index in [0.29, 0.717) is 24.9 Å². The zero-order valence-corrected chi connectivity index (χ0v) is 14.3. The van der Waals surface area contributed by atoms with Gasteiger partial charge in [-0.3, -0.25) is 9.59 Å². The van der Waals surface area contributed by atoms with E-state index in [4.69, 9.17) is 5.73 Å². The van der Waals surface area contributed by atoms with Gasteiger partial charge in [-0.25, -0.2) is 0 Å². The lowest BCUT2D eigenvalue weighted by Crippen LogP contribution is -2.65. The minimum atomic E-state index is -0.732. The molecule has 0 spiro atoms. The number of fused-ring (bicyclic) bond motifs is 2. The van der Waals surface area contributed by atoms with E-state index in [2.05, 4.69) is 5.32 Å². The molecule has 6 heteroatoms. The van der Waals surface area contributed by atoms with Crippen molar-refractivity contribution in [2.45, 2.75) is 57.5 Å². The Hall–Kier alpha value is -0.810. The fraction of sp³-hybridized carbons (Fsp3) is 0.875. The molecule has 1 aliphatic heterocycles. The summed E-state index contributed by atoms with van der Waals surface area (Å²) in [5.41, 5.74) is 5.58. The van der Waals surface area contributed by atoms with E-state index in [9.17, 15) is 9.59 Å². The molecule has 3 aliphatic rings. The molecular formula is C16H28ClN3O2. The second-order valence-electron chi connectivity index (χ2n) is 7.50. The highest BCUT2D eigenvalue weighted by Crippen LogP contribution is 2.43. The van der Waals surface area contributed by atoms with E-state index in [1.807, 2.05) is 13.8 Å². The number of amides is 2. The number of piperazine rings is 1. The minimum Gasteiger partial charge on any atom is -0.352 e. The highest BCUT2D eigenvalue weighted by atomic mass is 35.5. The van der Waals surface area contributed by atoms with Gasteiger partial charge < -0.3 is 16.0 Å². The van der Waals surface area contributed by atoms with Gasteiger partial charge in [-0.05, 0) is 51.4 Å². The Morgan fingerprint density at radius 3 is 2.45 bits per heavy atom. The molecule has 3 fully saturated rings. The van der Waals surface area contributed by atoms with Crippen LogP contribution in [0.3, 0.4) is 0 Å². The van der Waals surface area contributed by atoms with Gasteiger partial charge in [0.25, 0.3) is 0 Å². The maximum atomic E-state index is 13.0. The number of nitrogens with two attached hydrogens (primary N) is 1. The summed E-state index contributed by atoms with van der Waals surface area (Å²) in [6, 6.07) is 0.278. The molecule has 2 aliphatic carbocycles. The molecule has 2 atom stereocenters. The van der Waals surface area contributed by atoms with Crippen molar-refractivity contribution in [3.63, 3.8) is 0 Å². The fourth-order valence-corrected chi connectivity index (χ4v) is 4.50. The molecule has 0 aromatic carbocycles. The smallest absolute Gasteiger partial charge is 0.245 e. The maximum Gasteiger partial charge on any atom is 0.245 e. The Kier molecular flexibility index (Phi) is 5.07. The van der Waals surface area contributed by atoms with Crippen molar-refractivity contribution in [2.24, 2.45) is 23.5 Å². The van der Waals surface area contributed by atoms with Crippen molar-refractivity contribution in [2.75, 3.05) is 13.1 Å². The summed E-state index contributed by atoms with van der Waals surface area (Å²) in [5, 5.41) is 2.85. The van der Waals surface area contributed by atoms with E-state index in [1.54, 1.807) is 4.90 Å². The molecular weight excluding hydrogens is 302 g/mol. The van der Waals surface area contributed by atoms with Gasteiger partial charge in [0.2, 0.25) is 11.8 Å². The summed E-state index contributed by atoms with van der Waals surface area (Å²) < 4.78 is 0. The van der Waals surface area contributed by atoms with Crippen molar-refractivity contribution in [3.8, 4) is 0 Å². The summed E-state index contributed by atoms with van der Waals surface area (Å²) in [4.78, 5) is 26.8. The van der Waals surface area contributed by atoms with Gasteiger partial charge in [-0.15, -0.1) is 12.4 Å². The van der Waals surface area contributed by atoms with Crippen LogP contribution in [0.25, 0.3) is 0 Å². The lowest BCUT2D eigenvalue weighted by Gasteiger charge is -2.47. The van der Waals surface area contributed by atoms with E-state index in [-0.39, 0.29) is 36.2 Å². The highest BCUT2D eigenvalue weighted by molar-refractivity contribution is 5.92. The molecule has 2 unspecified atom stereocenters. The summed E-state index contributed by atoms with van der Waals surface area (Å²) in [6.45, 7) is 4.87. The maximum absolute atomic E-state index is 13.0. The van der Waals surface area contributed by atoms with Crippen LogP contribution < -0.4 is 11.1 Å². The number of carbonyl (C=O) groups excluding carboxylic acids is 2. The Labute approximate surface area is 138 Å².